The summed E-state index contributed by atoms with van der Waals surface area (Å²) in [5.41, 5.74) is 19.0. The molecule has 2 aliphatic carbocycles. The van der Waals surface area contributed by atoms with E-state index in [1.165, 1.54) is 50.2 Å². The van der Waals surface area contributed by atoms with Gasteiger partial charge < -0.3 is 9.64 Å². The predicted molar refractivity (Wildman–Crippen MR) is 238 cm³/mol. The molecule has 4 nitrogen and oxygen atoms in total. The van der Waals surface area contributed by atoms with Crippen LogP contribution in [0.15, 0.2) is 164 Å². The predicted octanol–water partition coefficient (Wildman–Crippen LogP) is 14.3. The Kier molecular flexibility index (Phi) is 6.71. The van der Waals surface area contributed by atoms with Crippen LogP contribution in [-0.2, 0) is 10.8 Å². The second-order valence-electron chi connectivity index (χ2n) is 17.0. The van der Waals surface area contributed by atoms with Crippen LogP contribution in [0.5, 0.6) is 11.6 Å². The normalized spacial score (nSPS) is 14.6. The van der Waals surface area contributed by atoms with Crippen LogP contribution in [0.4, 0.5) is 17.1 Å². The number of nitrogens with zero attached hydrogens (tertiary/aromatic N) is 3. The molecular weight excluding hydrogens is 707 g/mol. The van der Waals surface area contributed by atoms with Gasteiger partial charge in [-0.3, -0.25) is 4.98 Å². The molecule has 0 unspecified atom stereocenters. The molecule has 12 rings (SSSR count). The van der Waals surface area contributed by atoms with Crippen LogP contribution in [-0.4, -0.2) is 9.97 Å². The lowest BCUT2D eigenvalue weighted by atomic mass is 9.82. The Labute approximate surface area is 338 Å². The van der Waals surface area contributed by atoms with E-state index in [4.69, 9.17) is 14.7 Å². The van der Waals surface area contributed by atoms with Gasteiger partial charge in [-0.2, -0.15) is 0 Å². The van der Waals surface area contributed by atoms with Crippen LogP contribution >= 0.6 is 0 Å². The number of hydrogen-bond acceptors (Lipinski definition) is 4. The number of hydrogen-bond donors (Lipinski definition) is 0. The SMILES string of the molecule is CC1(C)c2ccccc2-c2ccc(N(c3ccc(-c4ccc5nc6c7c(nccc7c5c4)-c4ccccc4O6)cc3)c3cccc4c3-c3ccccc3C4(C)C)cc21. The van der Waals surface area contributed by atoms with Gasteiger partial charge in [0, 0.05) is 50.3 Å². The molecule has 0 N–H and O–H groups in total. The third-order valence-corrected chi connectivity index (χ3v) is 13.1. The average Bonchev–Trinajstić information content (AvgIpc) is 3.64. The molecule has 0 fully saturated rings. The van der Waals surface area contributed by atoms with Crippen molar-refractivity contribution in [3.63, 3.8) is 0 Å². The van der Waals surface area contributed by atoms with Crippen molar-refractivity contribution in [3.05, 3.63) is 186 Å². The Morgan fingerprint density at radius 1 is 0.500 bits per heavy atom. The summed E-state index contributed by atoms with van der Waals surface area (Å²) in [5, 5.41) is 3.13. The second-order valence-corrected chi connectivity index (χ2v) is 17.0. The summed E-state index contributed by atoms with van der Waals surface area (Å²) in [4.78, 5) is 12.3. The highest BCUT2D eigenvalue weighted by molar-refractivity contribution is 6.14. The van der Waals surface area contributed by atoms with Gasteiger partial charge in [0.05, 0.1) is 22.3 Å². The summed E-state index contributed by atoms with van der Waals surface area (Å²) < 4.78 is 6.34. The minimum absolute atomic E-state index is 0.111. The number of anilines is 3. The van der Waals surface area contributed by atoms with Crippen molar-refractivity contribution in [2.24, 2.45) is 0 Å². The lowest BCUT2D eigenvalue weighted by molar-refractivity contribution is 0.469. The molecule has 0 bridgehead atoms. The molecule has 0 radical (unpaired) electrons. The largest absolute Gasteiger partial charge is 0.438 e. The van der Waals surface area contributed by atoms with Crippen LogP contribution in [0.3, 0.4) is 0 Å². The minimum Gasteiger partial charge on any atom is -0.438 e. The maximum atomic E-state index is 6.34. The number of fused-ring (bicyclic) bond motifs is 10. The molecule has 276 valence electrons. The van der Waals surface area contributed by atoms with Crippen LogP contribution in [0.25, 0.3) is 66.3 Å². The molecule has 58 heavy (non-hydrogen) atoms. The molecule has 0 spiro atoms. The van der Waals surface area contributed by atoms with E-state index in [1.54, 1.807) is 0 Å². The Morgan fingerprint density at radius 3 is 1.98 bits per heavy atom. The topological polar surface area (TPSA) is 38.2 Å². The van der Waals surface area contributed by atoms with E-state index in [-0.39, 0.29) is 10.8 Å². The third kappa shape index (κ3) is 4.51. The molecule has 4 heteroatoms. The molecule has 0 saturated heterocycles. The van der Waals surface area contributed by atoms with E-state index in [9.17, 15) is 0 Å². The van der Waals surface area contributed by atoms with Crippen LogP contribution in [0, 0.1) is 0 Å². The standard InChI is InChI=1S/C54H39N3O/c1-53(2)43-16-9-6-13-39(43)49-44(53)17-11-18-47(49)57(35-25-26-37-36-12-5-8-15-42(36)54(3,4)45(37)31-35)34-23-20-32(21-24-34)33-22-27-46-41(30-33)38-28-29-55-51-40-14-7-10-19-48(40)58-52(56-46)50(38)51/h5-31H,1-4H3. The van der Waals surface area contributed by atoms with Crippen LogP contribution in [0.1, 0.15) is 49.9 Å². The van der Waals surface area contributed by atoms with Crippen molar-refractivity contribution in [2.45, 2.75) is 38.5 Å². The van der Waals surface area contributed by atoms with Crippen LogP contribution in [0.2, 0.25) is 0 Å². The van der Waals surface area contributed by atoms with Crippen molar-refractivity contribution in [1.29, 1.82) is 0 Å². The van der Waals surface area contributed by atoms with Gasteiger partial charge in [0.25, 0.3) is 0 Å². The number of rotatable bonds is 4. The number of pyridine rings is 2. The second kappa shape index (κ2) is 11.7. The maximum Gasteiger partial charge on any atom is 0.229 e. The van der Waals surface area contributed by atoms with E-state index in [1.807, 2.05) is 24.4 Å². The highest BCUT2D eigenvalue weighted by atomic mass is 16.5. The van der Waals surface area contributed by atoms with Gasteiger partial charge in [-0.15, -0.1) is 0 Å². The number of para-hydroxylation sites is 1. The highest BCUT2D eigenvalue weighted by Crippen LogP contribution is 2.56. The Balaban J connectivity index is 1.01. The third-order valence-electron chi connectivity index (χ3n) is 13.1. The lowest BCUT2D eigenvalue weighted by Crippen LogP contribution is -2.17. The molecule has 3 heterocycles. The Morgan fingerprint density at radius 2 is 1.16 bits per heavy atom. The summed E-state index contributed by atoms with van der Waals surface area (Å²) in [6.07, 6.45) is 1.90. The molecule has 1 aliphatic heterocycles. The highest BCUT2D eigenvalue weighted by Gasteiger charge is 2.39. The van der Waals surface area contributed by atoms with Gasteiger partial charge in [-0.25, -0.2) is 4.98 Å². The van der Waals surface area contributed by atoms with E-state index in [0.29, 0.717) is 5.88 Å². The summed E-state index contributed by atoms with van der Waals surface area (Å²) in [6, 6.07) is 57.5. The average molecular weight is 746 g/mol. The minimum atomic E-state index is -0.120. The number of aromatic nitrogens is 2. The first-order valence-electron chi connectivity index (χ1n) is 20.2. The van der Waals surface area contributed by atoms with E-state index in [0.717, 1.165) is 61.2 Å². The monoisotopic (exact) mass is 745 g/mol. The van der Waals surface area contributed by atoms with Gasteiger partial charge in [-0.05, 0) is 111 Å². The summed E-state index contributed by atoms with van der Waals surface area (Å²) in [7, 11) is 0. The van der Waals surface area contributed by atoms with E-state index in [2.05, 4.69) is 172 Å². The first-order chi connectivity index (χ1) is 28.3. The van der Waals surface area contributed by atoms with Gasteiger partial charge in [-0.1, -0.05) is 125 Å². The summed E-state index contributed by atoms with van der Waals surface area (Å²) in [5.74, 6) is 1.40. The Bertz CT molecular complexity index is 3210. The molecule has 2 aromatic heterocycles. The molecular formula is C54H39N3O. The fraction of sp³-hybridized carbons (Fsp3) is 0.111. The zero-order chi connectivity index (χ0) is 38.9. The molecule has 0 saturated carbocycles. The summed E-state index contributed by atoms with van der Waals surface area (Å²) >= 11 is 0. The lowest BCUT2D eigenvalue weighted by Gasteiger charge is -2.30. The van der Waals surface area contributed by atoms with Crippen molar-refractivity contribution < 1.29 is 4.74 Å². The van der Waals surface area contributed by atoms with Crippen molar-refractivity contribution in [3.8, 4) is 56.3 Å². The van der Waals surface area contributed by atoms with E-state index >= 15 is 0 Å². The van der Waals surface area contributed by atoms with E-state index < -0.39 is 0 Å². The quantitative estimate of drug-likeness (QED) is 0.168. The van der Waals surface area contributed by atoms with Crippen molar-refractivity contribution >= 4 is 38.7 Å². The molecule has 0 amide bonds. The smallest absolute Gasteiger partial charge is 0.229 e. The maximum absolute atomic E-state index is 6.34. The van der Waals surface area contributed by atoms with Gasteiger partial charge >= 0.3 is 0 Å². The zero-order valence-electron chi connectivity index (χ0n) is 32.8. The summed E-state index contributed by atoms with van der Waals surface area (Å²) in [6.45, 7) is 9.43. The molecule has 0 atom stereocenters. The first kappa shape index (κ1) is 33.1. The van der Waals surface area contributed by atoms with Gasteiger partial charge in [0.1, 0.15) is 5.75 Å². The first-order valence-corrected chi connectivity index (χ1v) is 20.2. The number of benzene rings is 7. The van der Waals surface area contributed by atoms with Crippen molar-refractivity contribution in [1.82, 2.24) is 9.97 Å². The fourth-order valence-corrected chi connectivity index (χ4v) is 10.2. The van der Waals surface area contributed by atoms with Crippen molar-refractivity contribution in [2.75, 3.05) is 4.90 Å². The fourth-order valence-electron chi connectivity index (χ4n) is 10.2. The van der Waals surface area contributed by atoms with Crippen LogP contribution < -0.4 is 9.64 Å². The Hall–Kier alpha value is -7.04. The number of ether oxygens (including phenoxy) is 1. The zero-order valence-corrected chi connectivity index (χ0v) is 32.8. The molecule has 7 aromatic carbocycles. The van der Waals surface area contributed by atoms with Gasteiger partial charge in [0.2, 0.25) is 5.88 Å². The molecule has 3 aliphatic rings. The van der Waals surface area contributed by atoms with Gasteiger partial charge in [0.15, 0.2) is 0 Å². The molecule has 9 aromatic rings.